The number of benzene rings is 1. The van der Waals surface area contributed by atoms with Gasteiger partial charge in [0.1, 0.15) is 6.29 Å². The lowest BCUT2D eigenvalue weighted by atomic mass is 9.88. The molecule has 0 aliphatic rings. The van der Waals surface area contributed by atoms with E-state index in [4.69, 9.17) is 0 Å². The Hall–Kier alpha value is -1.57. The zero-order valence-corrected chi connectivity index (χ0v) is 11.6. The summed E-state index contributed by atoms with van der Waals surface area (Å²) in [5, 5.41) is 0. The molecule has 2 nitrogen and oxygen atoms in total. The van der Waals surface area contributed by atoms with Crippen molar-refractivity contribution in [2.45, 2.75) is 32.1 Å². The van der Waals surface area contributed by atoms with Gasteiger partial charge in [0.25, 0.3) is 0 Å². The summed E-state index contributed by atoms with van der Waals surface area (Å²) in [6, 6.07) is 8.38. The fraction of sp³-hybridized carbons (Fsp3) is 0.438. The maximum Gasteiger partial charge on any atom is 0.146 e. The van der Waals surface area contributed by atoms with Crippen LogP contribution in [0, 0.1) is 0 Å². The molecule has 0 bridgehead atoms. The zero-order valence-electron chi connectivity index (χ0n) is 11.6. The minimum atomic E-state index is 0.165. The van der Waals surface area contributed by atoms with Gasteiger partial charge in [-0.15, -0.1) is 0 Å². The molecule has 0 saturated carbocycles. The van der Waals surface area contributed by atoms with Gasteiger partial charge in [-0.05, 0) is 29.7 Å². The minimum absolute atomic E-state index is 0.165. The third-order valence-corrected chi connectivity index (χ3v) is 3.26. The Morgan fingerprint density at radius 2 is 1.94 bits per heavy atom. The minimum Gasteiger partial charge on any atom is -0.378 e. The molecule has 0 heterocycles. The van der Waals surface area contributed by atoms with E-state index < -0.39 is 0 Å². The van der Waals surface area contributed by atoms with Gasteiger partial charge < -0.3 is 4.90 Å². The first kappa shape index (κ1) is 14.5. The average Bonchev–Trinajstić information content (AvgIpc) is 2.39. The standard InChI is InChI=1S/C16H23NO/c1-5-6-7-16(13(2)12-18)14-8-10-15(11-9-14)17(3)4/h8-12,16H,2,5-7H2,1,3-4H3/t16-/m0/s1. The largest absolute Gasteiger partial charge is 0.378 e. The van der Waals surface area contributed by atoms with Crippen molar-refractivity contribution in [3.8, 4) is 0 Å². The summed E-state index contributed by atoms with van der Waals surface area (Å²) in [7, 11) is 4.04. The van der Waals surface area contributed by atoms with Crippen molar-refractivity contribution in [1.82, 2.24) is 0 Å². The van der Waals surface area contributed by atoms with Crippen molar-refractivity contribution in [3.63, 3.8) is 0 Å². The van der Waals surface area contributed by atoms with Gasteiger partial charge >= 0.3 is 0 Å². The first-order valence-electron chi connectivity index (χ1n) is 6.51. The second-order valence-electron chi connectivity index (χ2n) is 4.87. The molecule has 18 heavy (non-hydrogen) atoms. The van der Waals surface area contributed by atoms with Crippen LogP contribution in [0.4, 0.5) is 5.69 Å². The fourth-order valence-corrected chi connectivity index (χ4v) is 2.06. The summed E-state index contributed by atoms with van der Waals surface area (Å²) in [4.78, 5) is 13.0. The molecular formula is C16H23NO. The Kier molecular flexibility index (Phi) is 5.63. The van der Waals surface area contributed by atoms with Crippen LogP contribution in [0.25, 0.3) is 0 Å². The lowest BCUT2D eigenvalue weighted by Gasteiger charge is -2.18. The molecule has 2 heteroatoms. The van der Waals surface area contributed by atoms with E-state index in [0.717, 1.165) is 25.5 Å². The number of hydrogen-bond acceptors (Lipinski definition) is 2. The van der Waals surface area contributed by atoms with E-state index in [1.54, 1.807) is 0 Å². The zero-order chi connectivity index (χ0) is 13.5. The van der Waals surface area contributed by atoms with Crippen molar-refractivity contribution in [1.29, 1.82) is 0 Å². The third-order valence-electron chi connectivity index (χ3n) is 3.26. The summed E-state index contributed by atoms with van der Waals surface area (Å²) in [5.74, 6) is 0.165. The van der Waals surface area contributed by atoms with Crippen molar-refractivity contribution >= 4 is 12.0 Å². The monoisotopic (exact) mass is 245 g/mol. The quantitative estimate of drug-likeness (QED) is 0.538. The number of aldehydes is 1. The van der Waals surface area contributed by atoms with Gasteiger partial charge in [0.2, 0.25) is 0 Å². The highest BCUT2D eigenvalue weighted by Gasteiger charge is 2.14. The highest BCUT2D eigenvalue weighted by atomic mass is 16.1. The first-order chi connectivity index (χ1) is 8.60. The SMILES string of the molecule is C=C(C=O)[C@H](CCCC)c1ccc(N(C)C)cc1. The number of rotatable bonds is 7. The van der Waals surface area contributed by atoms with Crippen LogP contribution in [-0.2, 0) is 4.79 Å². The Labute approximate surface area is 110 Å². The van der Waals surface area contributed by atoms with Crippen LogP contribution in [0.3, 0.4) is 0 Å². The van der Waals surface area contributed by atoms with Crippen LogP contribution < -0.4 is 4.90 Å². The molecule has 0 fully saturated rings. The van der Waals surface area contributed by atoms with Gasteiger partial charge in [0.15, 0.2) is 0 Å². The number of allylic oxidation sites excluding steroid dienone is 1. The summed E-state index contributed by atoms with van der Waals surface area (Å²) >= 11 is 0. The second-order valence-corrected chi connectivity index (χ2v) is 4.87. The molecule has 1 rings (SSSR count). The predicted molar refractivity (Wildman–Crippen MR) is 78.2 cm³/mol. The molecular weight excluding hydrogens is 222 g/mol. The number of carbonyl (C=O) groups is 1. The lowest BCUT2D eigenvalue weighted by Crippen LogP contribution is -2.09. The maximum atomic E-state index is 11.0. The first-order valence-corrected chi connectivity index (χ1v) is 6.51. The van der Waals surface area contributed by atoms with E-state index in [1.807, 2.05) is 14.1 Å². The lowest BCUT2D eigenvalue weighted by molar-refractivity contribution is -0.105. The molecule has 1 aromatic carbocycles. The molecule has 0 unspecified atom stereocenters. The van der Waals surface area contributed by atoms with E-state index in [2.05, 4.69) is 42.7 Å². The highest BCUT2D eigenvalue weighted by Crippen LogP contribution is 2.29. The number of hydrogen-bond donors (Lipinski definition) is 0. The molecule has 0 saturated heterocycles. The highest BCUT2D eigenvalue weighted by molar-refractivity contribution is 5.75. The average molecular weight is 245 g/mol. The summed E-state index contributed by atoms with van der Waals surface area (Å²) < 4.78 is 0. The molecule has 1 aromatic rings. The van der Waals surface area contributed by atoms with Gasteiger partial charge in [-0.1, -0.05) is 38.5 Å². The van der Waals surface area contributed by atoms with Crippen LogP contribution in [0.5, 0.6) is 0 Å². The van der Waals surface area contributed by atoms with Crippen molar-refractivity contribution in [3.05, 3.63) is 42.0 Å². The molecule has 0 aliphatic carbocycles. The fourth-order valence-electron chi connectivity index (χ4n) is 2.06. The van der Waals surface area contributed by atoms with E-state index in [1.165, 1.54) is 11.3 Å². The van der Waals surface area contributed by atoms with Gasteiger partial charge in [-0.2, -0.15) is 0 Å². The Balaban J connectivity index is 2.90. The summed E-state index contributed by atoms with van der Waals surface area (Å²) in [5.41, 5.74) is 3.04. The van der Waals surface area contributed by atoms with Gasteiger partial charge in [-0.3, -0.25) is 4.79 Å². The van der Waals surface area contributed by atoms with E-state index in [-0.39, 0.29) is 5.92 Å². The van der Waals surface area contributed by atoms with Crippen LogP contribution >= 0.6 is 0 Å². The molecule has 0 spiro atoms. The number of nitrogens with zero attached hydrogens (tertiary/aromatic N) is 1. The normalized spacial score (nSPS) is 11.9. The van der Waals surface area contributed by atoms with E-state index in [9.17, 15) is 4.79 Å². The van der Waals surface area contributed by atoms with Crippen LogP contribution in [0.15, 0.2) is 36.4 Å². The Morgan fingerprint density at radius 3 is 2.39 bits per heavy atom. The summed E-state index contributed by atoms with van der Waals surface area (Å²) in [6.07, 6.45) is 4.14. The molecule has 0 amide bonds. The van der Waals surface area contributed by atoms with E-state index in [0.29, 0.717) is 5.57 Å². The Morgan fingerprint density at radius 1 is 1.33 bits per heavy atom. The number of unbranched alkanes of at least 4 members (excludes halogenated alkanes) is 1. The maximum absolute atomic E-state index is 11.0. The topological polar surface area (TPSA) is 20.3 Å². The smallest absolute Gasteiger partial charge is 0.146 e. The third kappa shape index (κ3) is 3.73. The molecule has 98 valence electrons. The van der Waals surface area contributed by atoms with Gasteiger partial charge in [0.05, 0.1) is 0 Å². The number of anilines is 1. The number of carbonyl (C=O) groups excluding carboxylic acids is 1. The van der Waals surface area contributed by atoms with Gasteiger partial charge in [-0.25, -0.2) is 0 Å². The molecule has 0 radical (unpaired) electrons. The van der Waals surface area contributed by atoms with Crippen LogP contribution in [-0.4, -0.2) is 20.4 Å². The second kappa shape index (κ2) is 7.00. The Bertz CT molecular complexity index is 392. The summed E-state index contributed by atoms with van der Waals surface area (Å²) in [6.45, 7) is 6.04. The molecule has 1 atom stereocenters. The van der Waals surface area contributed by atoms with Crippen LogP contribution in [0.2, 0.25) is 0 Å². The predicted octanol–water partition coefficient (Wildman–Crippen LogP) is 3.78. The van der Waals surface area contributed by atoms with Crippen molar-refractivity contribution in [2.75, 3.05) is 19.0 Å². The van der Waals surface area contributed by atoms with Crippen molar-refractivity contribution in [2.24, 2.45) is 0 Å². The molecule has 0 aliphatic heterocycles. The molecule has 0 aromatic heterocycles. The molecule has 0 N–H and O–H groups in total. The van der Waals surface area contributed by atoms with E-state index >= 15 is 0 Å². The van der Waals surface area contributed by atoms with Gasteiger partial charge in [0, 0.05) is 25.7 Å². The van der Waals surface area contributed by atoms with Crippen molar-refractivity contribution < 1.29 is 4.79 Å². The van der Waals surface area contributed by atoms with Crippen LogP contribution in [0.1, 0.15) is 37.7 Å².